The van der Waals surface area contributed by atoms with Gasteiger partial charge in [0.2, 0.25) is 0 Å². The Bertz CT molecular complexity index is 441. The smallest absolute Gasteiger partial charge is 0.137 e. The Kier molecular flexibility index (Phi) is 2.75. The van der Waals surface area contributed by atoms with Gasteiger partial charge in [0, 0.05) is 0 Å². The molecule has 1 heterocycles. The van der Waals surface area contributed by atoms with Crippen molar-refractivity contribution in [2.45, 2.75) is 12.5 Å². The third kappa shape index (κ3) is 2.20. The van der Waals surface area contributed by atoms with Crippen LogP contribution in [0.5, 0.6) is 0 Å². The Balaban J connectivity index is 2.16. The number of aromatic nitrogens is 3. The monoisotopic (exact) mass is 198 g/mol. The highest BCUT2D eigenvalue weighted by Gasteiger charge is 2.10. The van der Waals surface area contributed by atoms with Crippen molar-refractivity contribution in [1.82, 2.24) is 14.8 Å². The quantitative estimate of drug-likeness (QED) is 0.752. The number of rotatable bonds is 3. The molecule has 1 aromatic heterocycles. The molecule has 0 N–H and O–H groups in total. The molecule has 15 heavy (non-hydrogen) atoms. The summed E-state index contributed by atoms with van der Waals surface area (Å²) in [5.74, 6) is -0.173. The van der Waals surface area contributed by atoms with Gasteiger partial charge in [-0.15, -0.1) is 0 Å². The summed E-state index contributed by atoms with van der Waals surface area (Å²) in [5.41, 5.74) is 1.01. The summed E-state index contributed by atoms with van der Waals surface area (Å²) in [6.07, 6.45) is 3.09. The van der Waals surface area contributed by atoms with Crippen LogP contribution in [-0.4, -0.2) is 14.8 Å². The van der Waals surface area contributed by atoms with Crippen LogP contribution in [0.25, 0.3) is 0 Å². The van der Waals surface area contributed by atoms with Crippen LogP contribution in [0.4, 0.5) is 0 Å². The zero-order chi connectivity index (χ0) is 10.5. The van der Waals surface area contributed by atoms with E-state index in [1.54, 1.807) is 11.0 Å². The van der Waals surface area contributed by atoms with Crippen molar-refractivity contribution in [3.05, 3.63) is 48.5 Å². The molecule has 0 aliphatic carbocycles. The molecule has 0 spiro atoms. The Morgan fingerprint density at radius 3 is 2.73 bits per heavy atom. The van der Waals surface area contributed by atoms with Crippen LogP contribution in [0.1, 0.15) is 11.5 Å². The van der Waals surface area contributed by atoms with Crippen molar-refractivity contribution in [1.29, 1.82) is 5.26 Å². The molecule has 0 amide bonds. The first-order valence-electron chi connectivity index (χ1n) is 4.67. The first-order valence-corrected chi connectivity index (χ1v) is 4.67. The zero-order valence-electron chi connectivity index (χ0n) is 8.11. The first kappa shape index (κ1) is 9.41. The van der Waals surface area contributed by atoms with Crippen LogP contribution in [0.2, 0.25) is 0 Å². The topological polar surface area (TPSA) is 54.5 Å². The molecule has 0 saturated carbocycles. The lowest BCUT2D eigenvalue weighted by Crippen LogP contribution is -2.07. The molecule has 0 aliphatic rings. The van der Waals surface area contributed by atoms with Gasteiger partial charge in [0.05, 0.1) is 18.5 Å². The maximum absolute atomic E-state index is 9.07. The van der Waals surface area contributed by atoms with Crippen molar-refractivity contribution in [3.63, 3.8) is 0 Å². The second-order valence-corrected chi connectivity index (χ2v) is 3.21. The minimum Gasteiger partial charge on any atom is -0.251 e. The number of benzene rings is 1. The Hall–Kier alpha value is -2.15. The minimum absolute atomic E-state index is 0.173. The van der Waals surface area contributed by atoms with Gasteiger partial charge in [0.1, 0.15) is 12.7 Å². The summed E-state index contributed by atoms with van der Waals surface area (Å²) >= 11 is 0. The van der Waals surface area contributed by atoms with E-state index in [2.05, 4.69) is 16.2 Å². The molecule has 74 valence electrons. The van der Waals surface area contributed by atoms with Gasteiger partial charge in [-0.2, -0.15) is 10.4 Å². The first-order chi connectivity index (χ1) is 7.40. The molecule has 2 aromatic rings. The van der Waals surface area contributed by atoms with Crippen molar-refractivity contribution < 1.29 is 0 Å². The zero-order valence-corrected chi connectivity index (χ0v) is 8.11. The van der Waals surface area contributed by atoms with Gasteiger partial charge in [0.25, 0.3) is 0 Å². The SMILES string of the molecule is N#CC(Cn1cncn1)c1ccccc1. The Labute approximate surface area is 87.8 Å². The average Bonchev–Trinajstić information content (AvgIpc) is 2.80. The van der Waals surface area contributed by atoms with Crippen molar-refractivity contribution in [2.24, 2.45) is 0 Å². The van der Waals surface area contributed by atoms with E-state index in [1.807, 2.05) is 30.3 Å². The van der Waals surface area contributed by atoms with E-state index in [-0.39, 0.29) is 5.92 Å². The van der Waals surface area contributed by atoms with Crippen LogP contribution in [0.3, 0.4) is 0 Å². The van der Waals surface area contributed by atoms with Crippen LogP contribution in [-0.2, 0) is 6.54 Å². The minimum atomic E-state index is -0.173. The van der Waals surface area contributed by atoms with E-state index in [1.165, 1.54) is 6.33 Å². The largest absolute Gasteiger partial charge is 0.251 e. The van der Waals surface area contributed by atoms with E-state index < -0.39 is 0 Å². The third-order valence-corrected chi connectivity index (χ3v) is 2.19. The lowest BCUT2D eigenvalue weighted by Gasteiger charge is -2.08. The summed E-state index contributed by atoms with van der Waals surface area (Å²) < 4.78 is 1.67. The number of nitrogens with zero attached hydrogens (tertiary/aromatic N) is 4. The third-order valence-electron chi connectivity index (χ3n) is 2.19. The summed E-state index contributed by atoms with van der Waals surface area (Å²) in [7, 11) is 0. The highest BCUT2D eigenvalue weighted by Crippen LogP contribution is 2.15. The fourth-order valence-corrected chi connectivity index (χ4v) is 1.42. The summed E-state index contributed by atoms with van der Waals surface area (Å²) in [5, 5.41) is 13.1. The van der Waals surface area contributed by atoms with Gasteiger partial charge in [0.15, 0.2) is 0 Å². The highest BCUT2D eigenvalue weighted by molar-refractivity contribution is 5.24. The van der Waals surface area contributed by atoms with Crippen LogP contribution in [0, 0.1) is 11.3 Å². The van der Waals surface area contributed by atoms with Gasteiger partial charge in [-0.05, 0) is 5.56 Å². The van der Waals surface area contributed by atoms with Gasteiger partial charge >= 0.3 is 0 Å². The molecule has 0 fully saturated rings. The highest BCUT2D eigenvalue weighted by atomic mass is 15.3. The molecular weight excluding hydrogens is 188 g/mol. The summed E-state index contributed by atoms with van der Waals surface area (Å²) in [6, 6.07) is 12.0. The lowest BCUT2D eigenvalue weighted by atomic mass is 10.0. The second kappa shape index (κ2) is 4.38. The lowest BCUT2D eigenvalue weighted by molar-refractivity contribution is 0.577. The van der Waals surface area contributed by atoms with E-state index >= 15 is 0 Å². The van der Waals surface area contributed by atoms with Crippen LogP contribution < -0.4 is 0 Å². The summed E-state index contributed by atoms with van der Waals surface area (Å²) in [6.45, 7) is 0.542. The molecule has 0 radical (unpaired) electrons. The molecule has 0 bridgehead atoms. The average molecular weight is 198 g/mol. The molecule has 2 rings (SSSR count). The van der Waals surface area contributed by atoms with Gasteiger partial charge in [-0.25, -0.2) is 4.98 Å². The standard InChI is InChI=1S/C11H10N4/c12-6-11(7-15-9-13-8-14-15)10-4-2-1-3-5-10/h1-5,8-9,11H,7H2. The van der Waals surface area contributed by atoms with Crippen LogP contribution >= 0.6 is 0 Å². The normalized spacial score (nSPS) is 11.9. The van der Waals surface area contributed by atoms with Gasteiger partial charge < -0.3 is 0 Å². The Morgan fingerprint density at radius 2 is 2.13 bits per heavy atom. The molecule has 1 atom stereocenters. The van der Waals surface area contributed by atoms with E-state index in [0.29, 0.717) is 6.54 Å². The van der Waals surface area contributed by atoms with E-state index in [9.17, 15) is 0 Å². The molecular formula is C11H10N4. The Morgan fingerprint density at radius 1 is 1.33 bits per heavy atom. The molecule has 4 heteroatoms. The molecule has 1 aromatic carbocycles. The summed E-state index contributed by atoms with van der Waals surface area (Å²) in [4.78, 5) is 3.85. The van der Waals surface area contributed by atoms with Gasteiger partial charge in [-0.3, -0.25) is 4.68 Å². The van der Waals surface area contributed by atoms with E-state index in [0.717, 1.165) is 5.56 Å². The van der Waals surface area contributed by atoms with Crippen molar-refractivity contribution in [2.75, 3.05) is 0 Å². The molecule has 0 aliphatic heterocycles. The fraction of sp³-hybridized carbons (Fsp3) is 0.182. The number of hydrogen-bond donors (Lipinski definition) is 0. The maximum Gasteiger partial charge on any atom is 0.137 e. The molecule has 0 saturated heterocycles. The molecule has 1 unspecified atom stereocenters. The number of nitriles is 1. The van der Waals surface area contributed by atoms with Crippen molar-refractivity contribution >= 4 is 0 Å². The number of hydrogen-bond acceptors (Lipinski definition) is 3. The predicted octanol–water partition coefficient (Wildman–Crippen LogP) is 1.59. The van der Waals surface area contributed by atoms with Gasteiger partial charge in [-0.1, -0.05) is 30.3 Å². The maximum atomic E-state index is 9.07. The van der Waals surface area contributed by atoms with Crippen molar-refractivity contribution in [3.8, 4) is 6.07 Å². The van der Waals surface area contributed by atoms with E-state index in [4.69, 9.17) is 5.26 Å². The predicted molar refractivity (Wildman–Crippen MR) is 54.8 cm³/mol. The molecule has 4 nitrogen and oxygen atoms in total. The second-order valence-electron chi connectivity index (χ2n) is 3.21. The fourth-order valence-electron chi connectivity index (χ4n) is 1.42. The van der Waals surface area contributed by atoms with Crippen LogP contribution in [0.15, 0.2) is 43.0 Å².